The highest BCUT2D eigenvalue weighted by atomic mass is 16.2. The molecule has 1 fully saturated rings. The first-order chi connectivity index (χ1) is 10.6. The van der Waals surface area contributed by atoms with Gasteiger partial charge in [0.05, 0.1) is 5.52 Å². The number of likely N-dealkylation sites (tertiary alicyclic amines) is 1. The molecule has 1 N–H and O–H groups in total. The van der Waals surface area contributed by atoms with Crippen LogP contribution in [0, 0.1) is 0 Å². The van der Waals surface area contributed by atoms with Crippen LogP contribution in [0.25, 0.3) is 10.9 Å². The average molecular weight is 297 g/mol. The lowest BCUT2D eigenvalue weighted by Gasteiger charge is -2.31. The van der Waals surface area contributed by atoms with E-state index in [4.69, 9.17) is 0 Å². The van der Waals surface area contributed by atoms with E-state index in [-0.39, 0.29) is 17.9 Å². The van der Waals surface area contributed by atoms with Crippen molar-refractivity contribution in [2.45, 2.75) is 25.8 Å². The molecule has 3 rings (SSSR count). The molecule has 5 nitrogen and oxygen atoms in total. The average Bonchev–Trinajstić information content (AvgIpc) is 2.55. The van der Waals surface area contributed by atoms with Gasteiger partial charge in [0.15, 0.2) is 0 Å². The highest BCUT2D eigenvalue weighted by molar-refractivity contribution is 5.95. The van der Waals surface area contributed by atoms with Gasteiger partial charge in [0.1, 0.15) is 5.69 Å². The number of amides is 2. The summed E-state index contributed by atoms with van der Waals surface area (Å²) in [5.74, 6) is -0.0481. The Kier molecular flexibility index (Phi) is 4.04. The molecule has 22 heavy (non-hydrogen) atoms. The Bertz CT molecular complexity index is 706. The summed E-state index contributed by atoms with van der Waals surface area (Å²) >= 11 is 0. The number of rotatable bonds is 2. The zero-order chi connectivity index (χ0) is 15.5. The van der Waals surface area contributed by atoms with Gasteiger partial charge < -0.3 is 10.2 Å². The number of pyridine rings is 1. The molecule has 2 amide bonds. The molecule has 0 atom stereocenters. The number of para-hydroxylation sites is 1. The smallest absolute Gasteiger partial charge is 0.270 e. The Labute approximate surface area is 129 Å². The van der Waals surface area contributed by atoms with Gasteiger partial charge in [-0.15, -0.1) is 0 Å². The van der Waals surface area contributed by atoms with Crippen molar-refractivity contribution < 1.29 is 9.59 Å². The molecule has 0 radical (unpaired) electrons. The van der Waals surface area contributed by atoms with Crippen LogP contribution in [0.3, 0.4) is 0 Å². The van der Waals surface area contributed by atoms with E-state index in [9.17, 15) is 9.59 Å². The molecule has 5 heteroatoms. The lowest BCUT2D eigenvalue weighted by molar-refractivity contribution is -0.129. The van der Waals surface area contributed by atoms with E-state index in [1.807, 2.05) is 35.2 Å². The first-order valence-electron chi connectivity index (χ1n) is 7.55. The summed E-state index contributed by atoms with van der Waals surface area (Å²) in [6.45, 7) is 2.98. The highest BCUT2D eigenvalue weighted by Crippen LogP contribution is 2.14. The van der Waals surface area contributed by atoms with Gasteiger partial charge in [0.2, 0.25) is 5.91 Å². The molecular weight excluding hydrogens is 278 g/mol. The van der Waals surface area contributed by atoms with Crippen LogP contribution in [0.1, 0.15) is 30.3 Å². The first kappa shape index (κ1) is 14.5. The number of hydrogen-bond acceptors (Lipinski definition) is 3. The molecule has 1 aliphatic rings. The van der Waals surface area contributed by atoms with Crippen LogP contribution in [0.5, 0.6) is 0 Å². The lowest BCUT2D eigenvalue weighted by Crippen LogP contribution is -2.46. The lowest BCUT2D eigenvalue weighted by atomic mass is 10.0. The second-order valence-corrected chi connectivity index (χ2v) is 5.64. The van der Waals surface area contributed by atoms with Gasteiger partial charge in [-0.1, -0.05) is 24.3 Å². The first-order valence-corrected chi connectivity index (χ1v) is 7.55. The van der Waals surface area contributed by atoms with Crippen molar-refractivity contribution in [3.05, 3.63) is 42.1 Å². The predicted octanol–water partition coefficient (Wildman–Crippen LogP) is 1.98. The summed E-state index contributed by atoms with van der Waals surface area (Å²) in [4.78, 5) is 29.8. The quantitative estimate of drug-likeness (QED) is 0.922. The molecule has 114 valence electrons. The fourth-order valence-corrected chi connectivity index (χ4v) is 2.79. The van der Waals surface area contributed by atoms with E-state index in [2.05, 4.69) is 10.3 Å². The molecule has 0 unspecified atom stereocenters. The third kappa shape index (κ3) is 3.08. The van der Waals surface area contributed by atoms with Gasteiger partial charge in [-0.25, -0.2) is 4.98 Å². The third-order valence-corrected chi connectivity index (χ3v) is 4.11. The molecule has 1 aromatic heterocycles. The number of nitrogens with zero attached hydrogens (tertiary/aromatic N) is 2. The molecule has 1 aliphatic heterocycles. The molecule has 2 heterocycles. The third-order valence-electron chi connectivity index (χ3n) is 4.11. The van der Waals surface area contributed by atoms with E-state index >= 15 is 0 Å². The van der Waals surface area contributed by atoms with Crippen molar-refractivity contribution in [1.82, 2.24) is 15.2 Å². The van der Waals surface area contributed by atoms with Crippen LogP contribution >= 0.6 is 0 Å². The number of hydrogen-bond donors (Lipinski definition) is 1. The Balaban J connectivity index is 1.65. The van der Waals surface area contributed by atoms with Crippen molar-refractivity contribution in [3.8, 4) is 0 Å². The minimum atomic E-state index is -0.146. The van der Waals surface area contributed by atoms with Crippen molar-refractivity contribution in [3.63, 3.8) is 0 Å². The zero-order valence-corrected chi connectivity index (χ0v) is 12.6. The SMILES string of the molecule is CC(=O)N1CCC(NC(=O)c2ccc3ccccc3n2)CC1. The standard InChI is InChI=1S/C17H19N3O2/c1-12(21)20-10-8-14(9-11-20)18-17(22)16-7-6-13-4-2-3-5-15(13)19-16/h2-7,14H,8-11H2,1H3,(H,18,22). The second-order valence-electron chi connectivity index (χ2n) is 5.64. The number of aromatic nitrogens is 1. The Morgan fingerprint density at radius 1 is 1.14 bits per heavy atom. The van der Waals surface area contributed by atoms with Gasteiger partial charge in [-0.05, 0) is 25.0 Å². The van der Waals surface area contributed by atoms with E-state index < -0.39 is 0 Å². The highest BCUT2D eigenvalue weighted by Gasteiger charge is 2.22. The van der Waals surface area contributed by atoms with Gasteiger partial charge >= 0.3 is 0 Å². The van der Waals surface area contributed by atoms with E-state index in [1.165, 1.54) is 0 Å². The van der Waals surface area contributed by atoms with E-state index in [0.717, 1.165) is 23.7 Å². The predicted molar refractivity (Wildman–Crippen MR) is 84.5 cm³/mol. The largest absolute Gasteiger partial charge is 0.348 e. The second kappa shape index (κ2) is 6.13. The number of fused-ring (bicyclic) bond motifs is 1. The minimum absolute atomic E-state index is 0.0981. The molecule has 2 aromatic rings. The summed E-state index contributed by atoms with van der Waals surface area (Å²) in [6.07, 6.45) is 1.58. The Hall–Kier alpha value is -2.43. The fourth-order valence-electron chi connectivity index (χ4n) is 2.79. The van der Waals surface area contributed by atoms with Crippen LogP contribution in [-0.4, -0.2) is 40.8 Å². The number of piperidine rings is 1. The molecule has 0 spiro atoms. The number of carbonyl (C=O) groups excluding carboxylic acids is 2. The van der Waals surface area contributed by atoms with Crippen molar-refractivity contribution in [1.29, 1.82) is 0 Å². The summed E-state index contributed by atoms with van der Waals surface area (Å²) in [5, 5.41) is 4.04. The van der Waals surface area contributed by atoms with Crippen LogP contribution in [-0.2, 0) is 4.79 Å². The maximum Gasteiger partial charge on any atom is 0.270 e. The van der Waals surface area contributed by atoms with E-state index in [1.54, 1.807) is 13.0 Å². The monoisotopic (exact) mass is 297 g/mol. The van der Waals surface area contributed by atoms with E-state index in [0.29, 0.717) is 18.8 Å². The Morgan fingerprint density at radius 3 is 2.59 bits per heavy atom. The summed E-state index contributed by atoms with van der Waals surface area (Å²) in [5.41, 5.74) is 1.26. The minimum Gasteiger partial charge on any atom is -0.348 e. The molecular formula is C17H19N3O2. The summed E-state index contributed by atoms with van der Waals surface area (Å²) in [6, 6.07) is 11.5. The number of nitrogens with one attached hydrogen (secondary N) is 1. The molecule has 1 saturated heterocycles. The van der Waals surface area contributed by atoms with Crippen molar-refractivity contribution in [2.75, 3.05) is 13.1 Å². The van der Waals surface area contributed by atoms with Gasteiger partial charge in [0.25, 0.3) is 5.91 Å². The molecule has 1 aromatic carbocycles. The zero-order valence-electron chi connectivity index (χ0n) is 12.6. The van der Waals surface area contributed by atoms with Crippen LogP contribution in [0.2, 0.25) is 0 Å². The van der Waals surface area contributed by atoms with Crippen LogP contribution in [0.15, 0.2) is 36.4 Å². The number of benzene rings is 1. The van der Waals surface area contributed by atoms with Gasteiger partial charge in [-0.3, -0.25) is 9.59 Å². The van der Waals surface area contributed by atoms with Gasteiger partial charge in [-0.2, -0.15) is 0 Å². The molecule has 0 saturated carbocycles. The van der Waals surface area contributed by atoms with Crippen LogP contribution in [0.4, 0.5) is 0 Å². The van der Waals surface area contributed by atoms with Crippen molar-refractivity contribution >= 4 is 22.7 Å². The summed E-state index contributed by atoms with van der Waals surface area (Å²) in [7, 11) is 0. The maximum absolute atomic E-state index is 12.3. The maximum atomic E-state index is 12.3. The normalized spacial score (nSPS) is 15.8. The molecule has 0 aliphatic carbocycles. The number of carbonyl (C=O) groups is 2. The molecule has 0 bridgehead atoms. The van der Waals surface area contributed by atoms with Crippen LogP contribution < -0.4 is 5.32 Å². The van der Waals surface area contributed by atoms with Crippen molar-refractivity contribution in [2.24, 2.45) is 0 Å². The van der Waals surface area contributed by atoms with Gasteiger partial charge in [0, 0.05) is 31.4 Å². The topological polar surface area (TPSA) is 62.3 Å². The summed E-state index contributed by atoms with van der Waals surface area (Å²) < 4.78 is 0. The fraction of sp³-hybridized carbons (Fsp3) is 0.353. The Morgan fingerprint density at radius 2 is 1.86 bits per heavy atom.